The molecule has 0 aliphatic carbocycles. The lowest BCUT2D eigenvalue weighted by molar-refractivity contribution is -0.136. The van der Waals surface area contributed by atoms with Crippen molar-refractivity contribution in [3.63, 3.8) is 0 Å². The van der Waals surface area contributed by atoms with Gasteiger partial charge in [-0.25, -0.2) is 0 Å². The summed E-state index contributed by atoms with van der Waals surface area (Å²) in [6.07, 6.45) is 0. The molecular weight excluding hydrogens is 266 g/mol. The average molecular weight is 291 g/mol. The van der Waals surface area contributed by atoms with Gasteiger partial charge in [0.15, 0.2) is 0 Å². The fourth-order valence-corrected chi connectivity index (χ4v) is 1.95. The van der Waals surface area contributed by atoms with Gasteiger partial charge in [-0.05, 0) is 50.2 Å². The first kappa shape index (κ1) is 17.2. The summed E-state index contributed by atoms with van der Waals surface area (Å²) in [6, 6.07) is 5.57. The van der Waals surface area contributed by atoms with Crippen LogP contribution < -0.4 is 10.6 Å². The molecule has 5 heteroatoms. The molecule has 0 radical (unpaired) electrons. The Balaban J connectivity index is 2.44. The molecule has 0 saturated heterocycles. The lowest BCUT2D eigenvalue weighted by Crippen LogP contribution is -2.40. The number of benzene rings is 1. The summed E-state index contributed by atoms with van der Waals surface area (Å²) in [6.45, 7) is 11.2. The van der Waals surface area contributed by atoms with Crippen LogP contribution in [0.4, 0.5) is 5.69 Å². The third-order valence-corrected chi connectivity index (χ3v) is 3.58. The van der Waals surface area contributed by atoms with Crippen LogP contribution >= 0.6 is 0 Å². The average Bonchev–Trinajstić information content (AvgIpc) is 2.47. The lowest BCUT2D eigenvalue weighted by Gasteiger charge is -2.17. The molecule has 21 heavy (non-hydrogen) atoms. The molecular formula is C16H25N3O2. The zero-order chi connectivity index (χ0) is 15.8. The van der Waals surface area contributed by atoms with Crippen LogP contribution in [0.3, 0.4) is 0 Å². The number of hydrogen-bond acceptors (Lipinski definition) is 3. The van der Waals surface area contributed by atoms with E-state index in [0.29, 0.717) is 12.2 Å². The van der Waals surface area contributed by atoms with Gasteiger partial charge in [0, 0.05) is 18.8 Å². The second-order valence-corrected chi connectivity index (χ2v) is 5.04. The first-order valence-corrected chi connectivity index (χ1v) is 7.36. The SMILES string of the molecule is CCN(CC)CCNC(=O)C(=O)Nc1ccc(C)c(C)c1. The summed E-state index contributed by atoms with van der Waals surface area (Å²) >= 11 is 0. The third-order valence-electron chi connectivity index (χ3n) is 3.58. The Morgan fingerprint density at radius 3 is 2.29 bits per heavy atom. The maximum absolute atomic E-state index is 11.8. The van der Waals surface area contributed by atoms with Gasteiger partial charge in [-0.15, -0.1) is 0 Å². The van der Waals surface area contributed by atoms with E-state index in [-0.39, 0.29) is 0 Å². The van der Waals surface area contributed by atoms with E-state index in [0.717, 1.165) is 30.8 Å². The van der Waals surface area contributed by atoms with E-state index in [2.05, 4.69) is 29.4 Å². The van der Waals surface area contributed by atoms with Crippen molar-refractivity contribution >= 4 is 17.5 Å². The third kappa shape index (κ3) is 5.55. The second-order valence-electron chi connectivity index (χ2n) is 5.04. The first-order valence-electron chi connectivity index (χ1n) is 7.36. The van der Waals surface area contributed by atoms with E-state index >= 15 is 0 Å². The van der Waals surface area contributed by atoms with Crippen molar-refractivity contribution in [3.05, 3.63) is 29.3 Å². The molecule has 0 saturated carbocycles. The van der Waals surface area contributed by atoms with Crippen LogP contribution in [0.2, 0.25) is 0 Å². The molecule has 5 nitrogen and oxygen atoms in total. The monoisotopic (exact) mass is 291 g/mol. The summed E-state index contributed by atoms with van der Waals surface area (Å²) in [5.74, 6) is -1.22. The minimum Gasteiger partial charge on any atom is -0.347 e. The molecule has 2 N–H and O–H groups in total. The van der Waals surface area contributed by atoms with E-state index in [9.17, 15) is 9.59 Å². The fraction of sp³-hybridized carbons (Fsp3) is 0.500. The van der Waals surface area contributed by atoms with E-state index in [1.165, 1.54) is 0 Å². The van der Waals surface area contributed by atoms with E-state index in [4.69, 9.17) is 0 Å². The molecule has 0 aliphatic heterocycles. The van der Waals surface area contributed by atoms with E-state index in [1.54, 1.807) is 6.07 Å². The van der Waals surface area contributed by atoms with Crippen LogP contribution in [0.5, 0.6) is 0 Å². The number of nitrogens with zero attached hydrogens (tertiary/aromatic N) is 1. The molecule has 2 amide bonds. The van der Waals surface area contributed by atoms with Crippen molar-refractivity contribution in [2.24, 2.45) is 0 Å². The Morgan fingerprint density at radius 1 is 1.05 bits per heavy atom. The molecule has 0 unspecified atom stereocenters. The maximum atomic E-state index is 11.8. The molecule has 116 valence electrons. The van der Waals surface area contributed by atoms with Crippen LogP contribution in [-0.2, 0) is 9.59 Å². The van der Waals surface area contributed by atoms with Gasteiger partial charge in [0.2, 0.25) is 0 Å². The summed E-state index contributed by atoms with van der Waals surface area (Å²) in [5.41, 5.74) is 2.87. The van der Waals surface area contributed by atoms with Crippen molar-refractivity contribution in [1.82, 2.24) is 10.2 Å². The van der Waals surface area contributed by atoms with Gasteiger partial charge in [-0.1, -0.05) is 19.9 Å². The highest BCUT2D eigenvalue weighted by Gasteiger charge is 2.13. The molecule has 1 aromatic carbocycles. The largest absolute Gasteiger partial charge is 0.347 e. The Kier molecular flexibility index (Phi) is 6.88. The summed E-state index contributed by atoms with van der Waals surface area (Å²) < 4.78 is 0. The number of carbonyl (C=O) groups excluding carboxylic acids is 2. The predicted octanol–water partition coefficient (Wildman–Crippen LogP) is 1.70. The van der Waals surface area contributed by atoms with Crippen LogP contribution in [-0.4, -0.2) is 42.9 Å². The van der Waals surface area contributed by atoms with Gasteiger partial charge in [0.05, 0.1) is 0 Å². The summed E-state index contributed by atoms with van der Waals surface area (Å²) in [7, 11) is 0. The van der Waals surface area contributed by atoms with Crippen molar-refractivity contribution in [3.8, 4) is 0 Å². The molecule has 0 spiro atoms. The standard InChI is InChI=1S/C16H25N3O2/c1-5-19(6-2)10-9-17-15(20)16(21)18-14-8-7-12(3)13(4)11-14/h7-8,11H,5-6,9-10H2,1-4H3,(H,17,20)(H,18,21). The highest BCUT2D eigenvalue weighted by atomic mass is 16.2. The van der Waals surface area contributed by atoms with E-state index < -0.39 is 11.8 Å². The van der Waals surface area contributed by atoms with Gasteiger partial charge in [0.25, 0.3) is 0 Å². The van der Waals surface area contributed by atoms with E-state index in [1.807, 2.05) is 26.0 Å². The van der Waals surface area contributed by atoms with Crippen molar-refractivity contribution in [2.45, 2.75) is 27.7 Å². The van der Waals surface area contributed by atoms with Gasteiger partial charge in [0.1, 0.15) is 0 Å². The summed E-state index contributed by atoms with van der Waals surface area (Å²) in [5, 5.41) is 5.25. The number of aryl methyl sites for hydroxylation is 2. The normalized spacial score (nSPS) is 10.5. The predicted molar refractivity (Wildman–Crippen MR) is 85.3 cm³/mol. The van der Waals surface area contributed by atoms with Crippen LogP contribution in [0, 0.1) is 13.8 Å². The lowest BCUT2D eigenvalue weighted by atomic mass is 10.1. The highest BCUT2D eigenvalue weighted by Crippen LogP contribution is 2.13. The smallest absolute Gasteiger partial charge is 0.313 e. The number of likely N-dealkylation sites (N-methyl/N-ethyl adjacent to an activating group) is 1. The fourth-order valence-electron chi connectivity index (χ4n) is 1.95. The zero-order valence-electron chi connectivity index (χ0n) is 13.3. The Labute approximate surface area is 126 Å². The minimum absolute atomic E-state index is 0.473. The summed E-state index contributed by atoms with van der Waals surface area (Å²) in [4.78, 5) is 25.7. The highest BCUT2D eigenvalue weighted by molar-refractivity contribution is 6.39. The molecule has 0 bridgehead atoms. The molecule has 0 aliphatic rings. The molecule has 0 fully saturated rings. The van der Waals surface area contributed by atoms with Crippen LogP contribution in [0.25, 0.3) is 0 Å². The Hall–Kier alpha value is -1.88. The maximum Gasteiger partial charge on any atom is 0.313 e. The Bertz CT molecular complexity index is 496. The van der Waals surface area contributed by atoms with Crippen molar-refractivity contribution in [2.75, 3.05) is 31.5 Å². The molecule has 1 rings (SSSR count). The van der Waals surface area contributed by atoms with Gasteiger partial charge >= 0.3 is 11.8 Å². The number of hydrogen-bond donors (Lipinski definition) is 2. The second kappa shape index (κ2) is 8.42. The number of carbonyl (C=O) groups is 2. The molecule has 0 atom stereocenters. The van der Waals surface area contributed by atoms with Crippen LogP contribution in [0.1, 0.15) is 25.0 Å². The zero-order valence-corrected chi connectivity index (χ0v) is 13.3. The van der Waals surface area contributed by atoms with Gasteiger partial charge in [-0.3, -0.25) is 9.59 Å². The van der Waals surface area contributed by atoms with Crippen molar-refractivity contribution < 1.29 is 9.59 Å². The Morgan fingerprint density at radius 2 is 1.71 bits per heavy atom. The minimum atomic E-state index is -0.627. The van der Waals surface area contributed by atoms with Crippen molar-refractivity contribution in [1.29, 1.82) is 0 Å². The number of anilines is 1. The molecule has 0 aromatic heterocycles. The quantitative estimate of drug-likeness (QED) is 0.784. The topological polar surface area (TPSA) is 61.4 Å². The number of amides is 2. The van der Waals surface area contributed by atoms with Gasteiger partial charge < -0.3 is 15.5 Å². The number of rotatable bonds is 6. The number of nitrogens with one attached hydrogen (secondary N) is 2. The molecule has 0 heterocycles. The first-order chi connectivity index (χ1) is 9.97. The molecule has 1 aromatic rings. The van der Waals surface area contributed by atoms with Gasteiger partial charge in [-0.2, -0.15) is 0 Å². The van der Waals surface area contributed by atoms with Crippen LogP contribution in [0.15, 0.2) is 18.2 Å².